The summed E-state index contributed by atoms with van der Waals surface area (Å²) in [5.74, 6) is 0. The van der Waals surface area contributed by atoms with E-state index in [1.165, 1.54) is 37.7 Å². The first-order valence-corrected chi connectivity index (χ1v) is 7.55. The molecule has 0 unspecified atom stereocenters. The SMILES string of the molecule is CCCCCCCc1ccc([C@H](O)C=C(C)C)cc1. The van der Waals surface area contributed by atoms with Crippen LogP contribution in [0.3, 0.4) is 0 Å². The molecule has 1 N–H and O–H groups in total. The lowest BCUT2D eigenvalue weighted by atomic mass is 10.0. The molecule has 0 bridgehead atoms. The molecule has 1 heteroatoms. The molecular weight excluding hydrogens is 232 g/mol. The molecule has 0 fully saturated rings. The summed E-state index contributed by atoms with van der Waals surface area (Å²) < 4.78 is 0. The first kappa shape index (κ1) is 16.0. The molecule has 1 nitrogen and oxygen atoms in total. The number of aliphatic hydroxyl groups is 1. The molecule has 0 aliphatic heterocycles. The molecular formula is C18H28O. The number of aliphatic hydroxyl groups excluding tert-OH is 1. The molecule has 0 saturated heterocycles. The lowest BCUT2D eigenvalue weighted by Gasteiger charge is -2.08. The second kappa shape index (κ2) is 8.92. The highest BCUT2D eigenvalue weighted by Gasteiger charge is 2.03. The lowest BCUT2D eigenvalue weighted by molar-refractivity contribution is 0.227. The Morgan fingerprint density at radius 3 is 2.26 bits per heavy atom. The third-order valence-corrected chi connectivity index (χ3v) is 3.38. The van der Waals surface area contributed by atoms with Crippen molar-refractivity contribution < 1.29 is 5.11 Å². The maximum atomic E-state index is 9.98. The van der Waals surface area contributed by atoms with Crippen molar-refractivity contribution in [3.63, 3.8) is 0 Å². The van der Waals surface area contributed by atoms with Gasteiger partial charge in [0.05, 0.1) is 6.10 Å². The van der Waals surface area contributed by atoms with E-state index in [4.69, 9.17) is 0 Å². The van der Waals surface area contributed by atoms with Crippen LogP contribution in [-0.4, -0.2) is 5.11 Å². The first-order chi connectivity index (χ1) is 9.13. The van der Waals surface area contributed by atoms with E-state index in [-0.39, 0.29) is 0 Å². The Kier molecular flexibility index (Phi) is 7.50. The zero-order valence-electron chi connectivity index (χ0n) is 12.7. The van der Waals surface area contributed by atoms with Gasteiger partial charge in [-0.2, -0.15) is 0 Å². The highest BCUT2D eigenvalue weighted by Crippen LogP contribution is 2.17. The summed E-state index contributed by atoms with van der Waals surface area (Å²) in [6, 6.07) is 8.39. The number of hydrogen-bond donors (Lipinski definition) is 1. The lowest BCUT2D eigenvalue weighted by Crippen LogP contribution is -1.95. The van der Waals surface area contributed by atoms with Gasteiger partial charge in [-0.25, -0.2) is 0 Å². The van der Waals surface area contributed by atoms with Crippen molar-refractivity contribution >= 4 is 0 Å². The maximum Gasteiger partial charge on any atom is 0.0974 e. The molecule has 0 aromatic heterocycles. The second-order valence-corrected chi connectivity index (χ2v) is 5.59. The van der Waals surface area contributed by atoms with Crippen molar-refractivity contribution in [2.24, 2.45) is 0 Å². The van der Waals surface area contributed by atoms with Gasteiger partial charge in [-0.3, -0.25) is 0 Å². The molecule has 0 aliphatic carbocycles. The third-order valence-electron chi connectivity index (χ3n) is 3.38. The van der Waals surface area contributed by atoms with Gasteiger partial charge in [0.25, 0.3) is 0 Å². The zero-order valence-corrected chi connectivity index (χ0v) is 12.7. The van der Waals surface area contributed by atoms with Gasteiger partial charge >= 0.3 is 0 Å². The van der Waals surface area contributed by atoms with Crippen molar-refractivity contribution in [2.45, 2.75) is 65.4 Å². The van der Waals surface area contributed by atoms with E-state index in [9.17, 15) is 5.11 Å². The van der Waals surface area contributed by atoms with E-state index in [1.54, 1.807) is 0 Å². The molecule has 1 aromatic carbocycles. The predicted octanol–water partition coefficient (Wildman–Crippen LogP) is 5.20. The average molecular weight is 260 g/mol. The monoisotopic (exact) mass is 260 g/mol. The van der Waals surface area contributed by atoms with Gasteiger partial charge in [0, 0.05) is 0 Å². The summed E-state index contributed by atoms with van der Waals surface area (Å²) >= 11 is 0. The van der Waals surface area contributed by atoms with Crippen molar-refractivity contribution in [1.29, 1.82) is 0 Å². The Labute approximate surface area is 118 Å². The van der Waals surface area contributed by atoms with Crippen LogP contribution >= 0.6 is 0 Å². The van der Waals surface area contributed by atoms with Gasteiger partial charge in [-0.15, -0.1) is 0 Å². The Bertz CT molecular complexity index is 371. The fourth-order valence-corrected chi connectivity index (χ4v) is 2.23. The van der Waals surface area contributed by atoms with E-state index in [0.717, 1.165) is 17.6 Å². The van der Waals surface area contributed by atoms with Gasteiger partial charge in [0.1, 0.15) is 0 Å². The molecule has 0 amide bonds. The molecule has 0 spiro atoms. The Balaban J connectivity index is 2.41. The molecule has 1 rings (SSSR count). The fraction of sp³-hybridized carbons (Fsp3) is 0.556. The highest BCUT2D eigenvalue weighted by atomic mass is 16.3. The molecule has 0 radical (unpaired) electrons. The minimum Gasteiger partial charge on any atom is -0.384 e. The van der Waals surface area contributed by atoms with E-state index in [1.807, 2.05) is 32.1 Å². The van der Waals surface area contributed by atoms with Gasteiger partial charge in [-0.05, 0) is 37.8 Å². The standard InChI is InChI=1S/C18H28O/c1-4-5-6-7-8-9-16-10-12-17(13-11-16)18(19)14-15(2)3/h10-14,18-19H,4-9H2,1-3H3/t18-/m1/s1. The molecule has 0 saturated carbocycles. The maximum absolute atomic E-state index is 9.98. The zero-order chi connectivity index (χ0) is 14.1. The van der Waals surface area contributed by atoms with Gasteiger partial charge in [-0.1, -0.05) is 68.5 Å². The topological polar surface area (TPSA) is 20.2 Å². The Morgan fingerprint density at radius 2 is 1.68 bits per heavy atom. The van der Waals surface area contributed by atoms with Crippen LogP contribution < -0.4 is 0 Å². The van der Waals surface area contributed by atoms with Crippen LogP contribution in [0.25, 0.3) is 0 Å². The van der Waals surface area contributed by atoms with Crippen LogP contribution in [-0.2, 0) is 6.42 Å². The summed E-state index contributed by atoms with van der Waals surface area (Å²) in [4.78, 5) is 0. The third kappa shape index (κ3) is 6.58. The van der Waals surface area contributed by atoms with Crippen molar-refractivity contribution in [1.82, 2.24) is 0 Å². The van der Waals surface area contributed by atoms with Crippen LogP contribution in [0.1, 0.15) is 70.1 Å². The Morgan fingerprint density at radius 1 is 1.05 bits per heavy atom. The largest absolute Gasteiger partial charge is 0.384 e. The molecule has 0 aliphatic rings. The fourth-order valence-electron chi connectivity index (χ4n) is 2.23. The minimum atomic E-state index is -0.469. The predicted molar refractivity (Wildman–Crippen MR) is 83.3 cm³/mol. The summed E-state index contributed by atoms with van der Waals surface area (Å²) in [5.41, 5.74) is 3.51. The number of hydrogen-bond acceptors (Lipinski definition) is 1. The summed E-state index contributed by atoms with van der Waals surface area (Å²) in [6.07, 6.45) is 9.19. The molecule has 1 aromatic rings. The Hall–Kier alpha value is -1.08. The minimum absolute atomic E-state index is 0.469. The number of unbranched alkanes of at least 4 members (excludes halogenated alkanes) is 4. The second-order valence-electron chi connectivity index (χ2n) is 5.59. The summed E-state index contributed by atoms with van der Waals surface area (Å²) in [7, 11) is 0. The van der Waals surface area contributed by atoms with E-state index in [0.29, 0.717) is 0 Å². The smallest absolute Gasteiger partial charge is 0.0974 e. The van der Waals surface area contributed by atoms with E-state index >= 15 is 0 Å². The summed E-state index contributed by atoms with van der Waals surface area (Å²) in [5, 5.41) is 9.98. The van der Waals surface area contributed by atoms with E-state index in [2.05, 4.69) is 19.1 Å². The highest BCUT2D eigenvalue weighted by molar-refractivity contribution is 5.27. The summed E-state index contributed by atoms with van der Waals surface area (Å²) in [6.45, 7) is 6.26. The molecule has 106 valence electrons. The van der Waals surface area contributed by atoms with Crippen LogP contribution in [0, 0.1) is 0 Å². The number of aryl methyl sites for hydroxylation is 1. The average Bonchev–Trinajstić information content (AvgIpc) is 2.38. The van der Waals surface area contributed by atoms with Crippen molar-refractivity contribution in [2.75, 3.05) is 0 Å². The van der Waals surface area contributed by atoms with Gasteiger partial charge < -0.3 is 5.11 Å². The molecule has 0 heterocycles. The number of allylic oxidation sites excluding steroid dienone is 1. The number of benzene rings is 1. The molecule has 19 heavy (non-hydrogen) atoms. The van der Waals surface area contributed by atoms with Crippen molar-refractivity contribution in [3.05, 3.63) is 47.0 Å². The van der Waals surface area contributed by atoms with Crippen LogP contribution in [0.4, 0.5) is 0 Å². The molecule has 1 atom stereocenters. The van der Waals surface area contributed by atoms with Gasteiger partial charge in [0.2, 0.25) is 0 Å². The van der Waals surface area contributed by atoms with Crippen molar-refractivity contribution in [3.8, 4) is 0 Å². The van der Waals surface area contributed by atoms with Crippen LogP contribution in [0.5, 0.6) is 0 Å². The van der Waals surface area contributed by atoms with Gasteiger partial charge in [0.15, 0.2) is 0 Å². The first-order valence-electron chi connectivity index (χ1n) is 7.55. The van der Waals surface area contributed by atoms with Crippen LogP contribution in [0.15, 0.2) is 35.9 Å². The van der Waals surface area contributed by atoms with Crippen LogP contribution in [0.2, 0.25) is 0 Å². The number of rotatable bonds is 8. The quantitative estimate of drug-likeness (QED) is 0.503. The normalized spacial score (nSPS) is 12.2. The van der Waals surface area contributed by atoms with E-state index < -0.39 is 6.10 Å².